The van der Waals surface area contributed by atoms with Gasteiger partial charge < -0.3 is 65.3 Å². The maximum Gasteiger partial charge on any atom is 0.308 e. The van der Waals surface area contributed by atoms with Gasteiger partial charge in [0.25, 0.3) is 5.91 Å². The first-order chi connectivity index (χ1) is 56.2. The third-order valence-corrected chi connectivity index (χ3v) is 20.6. The van der Waals surface area contributed by atoms with Crippen molar-refractivity contribution in [1.29, 1.82) is 0 Å². The molecule has 0 fully saturated rings. The van der Waals surface area contributed by atoms with E-state index in [0.29, 0.717) is 59.8 Å². The molecule has 0 spiro atoms. The Bertz CT molecular complexity index is 4400. The molecule has 0 radical (unpaired) electrons. The summed E-state index contributed by atoms with van der Waals surface area (Å²) in [6.45, 7) is 33.6. The molecular formula is C97H134FN5O17. The largest absolute Gasteiger partial charge is 0.497 e. The van der Waals surface area contributed by atoms with Crippen LogP contribution in [0.1, 0.15) is 232 Å². The first-order valence-corrected chi connectivity index (χ1v) is 42.1. The smallest absolute Gasteiger partial charge is 0.308 e. The van der Waals surface area contributed by atoms with Crippen LogP contribution in [0.2, 0.25) is 0 Å². The van der Waals surface area contributed by atoms with Gasteiger partial charge >= 0.3 is 5.97 Å². The molecule has 6 aromatic rings. The van der Waals surface area contributed by atoms with Gasteiger partial charge in [-0.3, -0.25) is 43.2 Å². The third kappa shape index (κ3) is 32.7. The number of methoxy groups -OCH3 is 2. The fraction of sp³-hybridized carbons (Fsp3) is 0.536. The summed E-state index contributed by atoms with van der Waals surface area (Å²) in [5, 5.41) is 8.85. The van der Waals surface area contributed by atoms with Crippen LogP contribution in [0.25, 0.3) is 11.1 Å². The van der Waals surface area contributed by atoms with E-state index in [1.807, 2.05) is 83.1 Å². The fourth-order valence-electron chi connectivity index (χ4n) is 14.8. The van der Waals surface area contributed by atoms with Gasteiger partial charge in [-0.15, -0.1) is 0 Å². The Morgan fingerprint density at radius 2 is 1.14 bits per heavy atom. The first-order valence-electron chi connectivity index (χ1n) is 42.1. The molecule has 120 heavy (non-hydrogen) atoms. The second-order valence-electron chi connectivity index (χ2n) is 36.1. The SMILES string of the molecule is CCCCCOc1ccc(-c2ccc(C[C@H](CC(=O)[C@H](CC(=O)OC(C)(C)C)NC(=O)[C@H](COC(C)(C)C)CC(=O)[C@@H](NC(=O)[C@@](C)(CC(=O)[C@@H](N)[C@@H](C)OC(C)(C)C)Cc3ccccc3F)[C@@H](C)OC(C)(C)C)C(=O)N[C@@H](CCCc3cc(C)cc(C)c3)C(=O)CC(c3ccc(OCC(N)=O)cc3)c3ccc(OC)cc3OC)cc2)c(CC)c1. The molecule has 0 aromatic heterocycles. The highest BCUT2D eigenvalue weighted by Gasteiger charge is 2.44. The predicted octanol–water partition coefficient (Wildman–Crippen LogP) is 15.6. The van der Waals surface area contributed by atoms with Crippen LogP contribution in [0.4, 0.5) is 4.39 Å². The molecular weight excluding hydrogens is 1530 g/mol. The Morgan fingerprint density at radius 1 is 0.542 bits per heavy atom. The van der Waals surface area contributed by atoms with E-state index in [2.05, 4.69) is 48.0 Å². The summed E-state index contributed by atoms with van der Waals surface area (Å²) >= 11 is 0. The van der Waals surface area contributed by atoms with Gasteiger partial charge in [-0.05, 0) is 231 Å². The molecule has 4 amide bonds. The number of hydrogen-bond donors (Lipinski definition) is 5. The first kappa shape index (κ1) is 99.1. The number of ether oxygens (including phenoxy) is 8. The maximum atomic E-state index is 16.0. The Balaban J connectivity index is 1.47. The van der Waals surface area contributed by atoms with Gasteiger partial charge in [0.1, 0.15) is 40.5 Å². The van der Waals surface area contributed by atoms with Crippen molar-refractivity contribution in [1.82, 2.24) is 16.0 Å². The van der Waals surface area contributed by atoms with Crippen LogP contribution in [0.3, 0.4) is 0 Å². The quantitative estimate of drug-likeness (QED) is 0.0175. The number of benzene rings is 6. The average Bonchev–Trinajstić information content (AvgIpc) is 0.805. The summed E-state index contributed by atoms with van der Waals surface area (Å²) in [7, 11) is 3.04. The molecule has 0 aliphatic rings. The van der Waals surface area contributed by atoms with E-state index in [0.717, 1.165) is 58.4 Å². The molecule has 0 saturated carbocycles. The van der Waals surface area contributed by atoms with E-state index in [1.54, 1.807) is 119 Å². The zero-order chi connectivity index (χ0) is 89.2. The highest BCUT2D eigenvalue weighted by atomic mass is 19.1. The lowest BCUT2D eigenvalue weighted by Gasteiger charge is -2.36. The topological polar surface area (TPSA) is 316 Å². The summed E-state index contributed by atoms with van der Waals surface area (Å²) in [5.74, 6) is -8.46. The number of rotatable bonds is 48. The number of nitrogens with two attached hydrogens (primary N) is 2. The minimum absolute atomic E-state index is 0.0844. The van der Waals surface area contributed by atoms with Gasteiger partial charge in [-0.2, -0.15) is 0 Å². The van der Waals surface area contributed by atoms with Crippen LogP contribution in [0.5, 0.6) is 23.0 Å². The van der Waals surface area contributed by atoms with Crippen LogP contribution < -0.4 is 46.4 Å². The number of unbranched alkanes of at least 4 members (excludes halogenated alkanes) is 2. The molecule has 1 unspecified atom stereocenters. The van der Waals surface area contributed by atoms with Crippen molar-refractivity contribution >= 4 is 52.7 Å². The van der Waals surface area contributed by atoms with Crippen molar-refractivity contribution in [2.75, 3.05) is 34.0 Å². The van der Waals surface area contributed by atoms with Crippen LogP contribution in [-0.4, -0.2) is 146 Å². The molecule has 0 bridgehead atoms. The predicted molar refractivity (Wildman–Crippen MR) is 466 cm³/mol. The minimum atomic E-state index is -1.76. The van der Waals surface area contributed by atoms with E-state index in [4.69, 9.17) is 49.4 Å². The standard InChI is InChI=1S/C97H134FN5O17/c1-22-24-27-45-115-74-42-43-75(66(23-2)50-74)67-35-33-64(34-36-67)49-70(90(110)101-79(32-28-29-65-47-60(3)46-61(4)48-65)82(105)54-77(76-44-41-73(113-20)53-85(76)114-21)68-37-39-72(40-38-68)116-59-86(99)108)51-81(104)80(55-87(109)120-96(16,17)18)102-91(111)71(58-117-93(7,8)9)52-83(106)89(63(6)119-95(13,14)15)103-92(112)97(19,56-69-30-25-26-31-78(69)98)57-84(107)88(100)62(5)118-94(10,11)12/h25-26,30-31,33-44,46-48,50,53,62-63,70-71,77,79-80,88-89H,22-24,27-29,32,45,49,51-52,54-59,100H2,1-21H3,(H2,99,108)(H,101,110)(H,102,111)(H,103,112)/t62-,63-,70-,71+,77?,79+,80+,88+,89+,97-/m1/s1. The number of Topliss-reactive ketones (excluding diaryl/α,β-unsaturated/α-hetero) is 4. The maximum absolute atomic E-state index is 16.0. The van der Waals surface area contributed by atoms with E-state index in [-0.39, 0.29) is 43.6 Å². The molecule has 0 heterocycles. The number of carbonyl (C=O) groups is 9. The zero-order valence-corrected chi connectivity index (χ0v) is 74.8. The van der Waals surface area contributed by atoms with Gasteiger partial charge in [-0.25, -0.2) is 4.39 Å². The number of carbonyl (C=O) groups excluding carboxylic acids is 9. The van der Waals surface area contributed by atoms with Gasteiger partial charge in [0, 0.05) is 49.1 Å². The number of halogens is 1. The number of esters is 1. The molecule has 0 saturated heterocycles. The highest BCUT2D eigenvalue weighted by molar-refractivity contribution is 5.99. The number of ketones is 4. The van der Waals surface area contributed by atoms with E-state index in [1.165, 1.54) is 39.3 Å². The van der Waals surface area contributed by atoms with Crippen LogP contribution in [0, 0.1) is 36.9 Å². The Hall–Kier alpha value is -9.68. The highest BCUT2D eigenvalue weighted by Crippen LogP contribution is 2.39. The molecule has 6 rings (SSSR count). The summed E-state index contributed by atoms with van der Waals surface area (Å²) in [4.78, 5) is 135. The van der Waals surface area contributed by atoms with Gasteiger partial charge in [-0.1, -0.05) is 130 Å². The van der Waals surface area contributed by atoms with Crippen LogP contribution in [-0.2, 0) is 87.8 Å². The minimum Gasteiger partial charge on any atom is -0.497 e. The molecule has 23 heteroatoms. The molecule has 0 aliphatic heterocycles. The second-order valence-corrected chi connectivity index (χ2v) is 36.1. The number of hydrogen-bond acceptors (Lipinski definition) is 18. The van der Waals surface area contributed by atoms with Crippen molar-refractivity contribution in [3.05, 3.63) is 178 Å². The van der Waals surface area contributed by atoms with E-state index < -0.39 is 167 Å². The molecule has 0 aliphatic carbocycles. The zero-order valence-electron chi connectivity index (χ0n) is 74.8. The fourth-order valence-corrected chi connectivity index (χ4v) is 14.8. The molecule has 6 aromatic carbocycles. The lowest BCUT2D eigenvalue weighted by molar-refractivity contribution is -0.156. The molecule has 656 valence electrons. The van der Waals surface area contributed by atoms with Crippen LogP contribution in [0.15, 0.2) is 127 Å². The molecule has 10 atom stereocenters. The Labute approximate surface area is 711 Å². The lowest BCUT2D eigenvalue weighted by Crippen LogP contribution is -2.56. The van der Waals surface area contributed by atoms with Crippen LogP contribution >= 0.6 is 0 Å². The molecule has 7 N–H and O–H groups in total. The second kappa shape index (κ2) is 45.3. The van der Waals surface area contributed by atoms with Crippen molar-refractivity contribution in [2.45, 2.75) is 286 Å². The molecule has 22 nitrogen and oxygen atoms in total. The monoisotopic (exact) mass is 1660 g/mol. The third-order valence-electron chi connectivity index (χ3n) is 20.6. The average molecular weight is 1660 g/mol. The van der Waals surface area contributed by atoms with Gasteiger partial charge in [0.15, 0.2) is 29.7 Å². The summed E-state index contributed by atoms with van der Waals surface area (Å²) in [5.41, 5.74) is 14.7. The number of primary amides is 1. The van der Waals surface area contributed by atoms with Gasteiger partial charge in [0.05, 0.1) is 92.3 Å². The lowest BCUT2D eigenvalue weighted by atomic mass is 9.76. The van der Waals surface area contributed by atoms with Crippen molar-refractivity contribution < 1.29 is 85.4 Å². The number of aryl methyl sites for hydroxylation is 4. The number of amides is 4. The Morgan fingerprint density at radius 3 is 1.73 bits per heavy atom. The normalized spacial score (nSPS) is 14.7. The Kier molecular flexibility index (Phi) is 37.4. The summed E-state index contributed by atoms with van der Waals surface area (Å²) < 4.78 is 63.8. The van der Waals surface area contributed by atoms with Crippen molar-refractivity contribution in [2.24, 2.45) is 28.7 Å². The van der Waals surface area contributed by atoms with E-state index >= 15 is 33.2 Å². The van der Waals surface area contributed by atoms with Crippen molar-refractivity contribution in [3.63, 3.8) is 0 Å². The van der Waals surface area contributed by atoms with Crippen molar-refractivity contribution in [3.8, 4) is 34.1 Å². The summed E-state index contributed by atoms with van der Waals surface area (Å²) in [6.07, 6.45) is -0.157. The van der Waals surface area contributed by atoms with Gasteiger partial charge in [0.2, 0.25) is 17.7 Å². The van der Waals surface area contributed by atoms with E-state index in [9.17, 15) is 14.4 Å². The number of nitrogens with one attached hydrogen (secondary N) is 3. The summed E-state index contributed by atoms with van der Waals surface area (Å²) in [6, 6.07) is 32.2.